The van der Waals surface area contributed by atoms with Gasteiger partial charge in [-0.3, -0.25) is 33.4 Å². The van der Waals surface area contributed by atoms with Gasteiger partial charge in [-0.25, -0.2) is 9.78 Å². The quantitative estimate of drug-likeness (QED) is 0.176. The number of nitrogens with zero attached hydrogens (tertiary/aromatic N) is 5. The van der Waals surface area contributed by atoms with Crippen LogP contribution in [0.5, 0.6) is 0 Å². The molecule has 0 spiro atoms. The zero-order chi connectivity index (χ0) is 25.7. The van der Waals surface area contributed by atoms with Crippen LogP contribution in [0.1, 0.15) is 30.2 Å². The second-order valence-electron chi connectivity index (χ2n) is 8.69. The van der Waals surface area contributed by atoms with E-state index in [4.69, 9.17) is 4.98 Å². The Balaban J connectivity index is 1.43. The van der Waals surface area contributed by atoms with Crippen molar-refractivity contribution in [3.05, 3.63) is 53.5 Å². The van der Waals surface area contributed by atoms with Crippen molar-refractivity contribution in [1.82, 2.24) is 18.7 Å². The molecular formula is C23H24N6O5S2. The summed E-state index contributed by atoms with van der Waals surface area (Å²) in [6.45, 7) is 2.28. The lowest BCUT2D eigenvalue weighted by molar-refractivity contribution is -0.383. The number of fused-ring (bicyclic) bond motifs is 4. The van der Waals surface area contributed by atoms with E-state index in [1.807, 2.05) is 6.92 Å². The highest BCUT2D eigenvalue weighted by Gasteiger charge is 2.24. The maximum absolute atomic E-state index is 13.3. The Bertz CT molecular complexity index is 1680. The van der Waals surface area contributed by atoms with Gasteiger partial charge in [-0.2, -0.15) is 0 Å². The van der Waals surface area contributed by atoms with E-state index in [1.165, 1.54) is 33.2 Å². The van der Waals surface area contributed by atoms with E-state index in [9.17, 15) is 24.5 Å². The Hall–Kier alpha value is -3.45. The van der Waals surface area contributed by atoms with Gasteiger partial charge in [-0.05, 0) is 44.2 Å². The van der Waals surface area contributed by atoms with Gasteiger partial charge < -0.3 is 5.32 Å². The van der Waals surface area contributed by atoms with Crippen molar-refractivity contribution in [2.45, 2.75) is 44.3 Å². The number of thioether (sulfide) groups is 1. The fraction of sp³-hybridized carbons (Fsp3) is 0.391. The summed E-state index contributed by atoms with van der Waals surface area (Å²) in [5.41, 5.74) is 1.25. The van der Waals surface area contributed by atoms with Gasteiger partial charge >= 0.3 is 5.69 Å². The van der Waals surface area contributed by atoms with E-state index in [-0.39, 0.29) is 28.4 Å². The minimum atomic E-state index is -0.595. The molecule has 11 nitrogen and oxygen atoms in total. The molecule has 0 radical (unpaired) electrons. The molecule has 1 aromatic carbocycles. The molecule has 36 heavy (non-hydrogen) atoms. The van der Waals surface area contributed by atoms with Crippen molar-refractivity contribution < 1.29 is 9.72 Å². The second kappa shape index (κ2) is 9.21. The maximum Gasteiger partial charge on any atom is 0.328 e. The molecule has 0 atom stereocenters. The number of benzene rings is 1. The predicted molar refractivity (Wildman–Crippen MR) is 140 cm³/mol. The van der Waals surface area contributed by atoms with Crippen LogP contribution in [0.25, 0.3) is 21.3 Å². The van der Waals surface area contributed by atoms with Gasteiger partial charge in [0.25, 0.3) is 11.2 Å². The van der Waals surface area contributed by atoms with Crippen LogP contribution in [0.2, 0.25) is 0 Å². The van der Waals surface area contributed by atoms with Crippen molar-refractivity contribution >= 4 is 61.6 Å². The first-order valence-electron chi connectivity index (χ1n) is 11.5. The summed E-state index contributed by atoms with van der Waals surface area (Å²) in [5.74, 6) is -0.572. The minimum absolute atomic E-state index is 0.00141. The van der Waals surface area contributed by atoms with E-state index in [1.54, 1.807) is 23.0 Å². The number of hydrogen-bond acceptors (Lipinski definition) is 8. The van der Waals surface area contributed by atoms with Crippen LogP contribution in [0.15, 0.2) is 26.9 Å². The standard InChI is InChI=1S/C23H24N6O5S2/c1-4-28-21(31)19-12-7-5-6-8-17(12)36-20(19)25-22(28)35-11-18(30)24-13-9-15-16(10-14(13)29(33)34)27(3)23(32)26(15)2/h9-10H,4-8,11H2,1-3H3,(H,24,30). The number of imidazole rings is 1. The summed E-state index contributed by atoms with van der Waals surface area (Å²) in [6.07, 6.45) is 4.03. The third-order valence-corrected chi connectivity index (χ3v) is 8.71. The Morgan fingerprint density at radius 2 is 1.89 bits per heavy atom. The maximum atomic E-state index is 13.3. The average Bonchev–Trinajstić information content (AvgIpc) is 3.33. The zero-order valence-corrected chi connectivity index (χ0v) is 21.6. The number of hydrogen-bond donors (Lipinski definition) is 1. The number of aryl methyl sites for hydroxylation is 4. The molecule has 1 N–H and O–H groups in total. The van der Waals surface area contributed by atoms with E-state index in [0.29, 0.717) is 33.0 Å². The SMILES string of the molecule is CCn1c(SCC(=O)Nc2cc3c(cc2[N+](=O)[O-])n(C)c(=O)n3C)nc2sc3c(c2c1=O)CCCC3. The Morgan fingerprint density at radius 1 is 1.19 bits per heavy atom. The fourth-order valence-electron chi connectivity index (χ4n) is 4.71. The van der Waals surface area contributed by atoms with Crippen LogP contribution >= 0.6 is 23.1 Å². The molecule has 1 aliphatic carbocycles. The summed E-state index contributed by atoms with van der Waals surface area (Å²) in [7, 11) is 3.09. The predicted octanol–water partition coefficient (Wildman–Crippen LogP) is 3.19. The number of amides is 1. The molecule has 3 aromatic heterocycles. The number of nitro benzene ring substituents is 1. The molecule has 13 heteroatoms. The number of anilines is 1. The number of nitro groups is 1. The highest BCUT2D eigenvalue weighted by atomic mass is 32.2. The molecule has 1 aliphatic rings. The molecule has 0 aliphatic heterocycles. The fourth-order valence-corrected chi connectivity index (χ4v) is 6.88. The topological polar surface area (TPSA) is 134 Å². The van der Waals surface area contributed by atoms with Crippen LogP contribution in [0.3, 0.4) is 0 Å². The largest absolute Gasteiger partial charge is 0.328 e. The van der Waals surface area contributed by atoms with Gasteiger partial charge in [0.2, 0.25) is 5.91 Å². The molecule has 5 rings (SSSR count). The van der Waals surface area contributed by atoms with E-state index < -0.39 is 10.8 Å². The van der Waals surface area contributed by atoms with Gasteiger partial charge in [-0.1, -0.05) is 11.8 Å². The number of rotatable bonds is 6. The molecule has 0 fully saturated rings. The van der Waals surface area contributed by atoms with Gasteiger partial charge in [0, 0.05) is 31.6 Å². The lowest BCUT2D eigenvalue weighted by atomic mass is 9.97. The molecule has 0 saturated carbocycles. The first-order valence-corrected chi connectivity index (χ1v) is 13.3. The van der Waals surface area contributed by atoms with Gasteiger partial charge in [-0.15, -0.1) is 11.3 Å². The van der Waals surface area contributed by atoms with Crippen LogP contribution in [-0.4, -0.2) is 35.3 Å². The molecule has 0 unspecified atom stereocenters. The van der Waals surface area contributed by atoms with Gasteiger partial charge in [0.15, 0.2) is 5.16 Å². The number of nitrogens with one attached hydrogen (secondary N) is 1. The van der Waals surface area contributed by atoms with Crippen LogP contribution in [0.4, 0.5) is 11.4 Å². The second-order valence-corrected chi connectivity index (χ2v) is 10.7. The summed E-state index contributed by atoms with van der Waals surface area (Å²) in [5, 5.41) is 15.4. The number of aromatic nitrogens is 4. The minimum Gasteiger partial charge on any atom is -0.320 e. The highest BCUT2D eigenvalue weighted by molar-refractivity contribution is 7.99. The van der Waals surface area contributed by atoms with Gasteiger partial charge in [0.1, 0.15) is 10.5 Å². The van der Waals surface area contributed by atoms with Crippen molar-refractivity contribution in [2.24, 2.45) is 14.1 Å². The Morgan fingerprint density at radius 3 is 2.58 bits per heavy atom. The van der Waals surface area contributed by atoms with Crippen LogP contribution in [-0.2, 0) is 38.3 Å². The third-order valence-electron chi connectivity index (χ3n) is 6.55. The molecule has 3 heterocycles. The van der Waals surface area contributed by atoms with E-state index in [2.05, 4.69) is 5.32 Å². The lowest BCUT2D eigenvalue weighted by Gasteiger charge is -2.12. The summed E-state index contributed by atoms with van der Waals surface area (Å²) in [6, 6.07) is 2.71. The van der Waals surface area contributed by atoms with Crippen molar-refractivity contribution in [3.8, 4) is 0 Å². The summed E-state index contributed by atoms with van der Waals surface area (Å²) in [4.78, 5) is 56.0. The first-order chi connectivity index (χ1) is 17.2. The smallest absolute Gasteiger partial charge is 0.320 e. The lowest BCUT2D eigenvalue weighted by Crippen LogP contribution is -2.24. The first kappa shape index (κ1) is 24.3. The zero-order valence-electron chi connectivity index (χ0n) is 20.0. The molecule has 0 saturated heterocycles. The number of carbonyl (C=O) groups is 1. The molecule has 1 amide bonds. The summed E-state index contributed by atoms with van der Waals surface area (Å²) < 4.78 is 4.26. The van der Waals surface area contributed by atoms with E-state index in [0.717, 1.165) is 43.0 Å². The molecule has 0 bridgehead atoms. The summed E-state index contributed by atoms with van der Waals surface area (Å²) >= 11 is 2.67. The average molecular weight is 529 g/mol. The number of thiophene rings is 1. The normalized spacial score (nSPS) is 13.3. The van der Waals surface area contributed by atoms with Crippen molar-refractivity contribution in [2.75, 3.05) is 11.1 Å². The monoisotopic (exact) mass is 528 g/mol. The van der Waals surface area contributed by atoms with Gasteiger partial charge in [0.05, 0.1) is 27.1 Å². The van der Waals surface area contributed by atoms with Crippen LogP contribution in [0, 0.1) is 10.1 Å². The number of carbonyl (C=O) groups excluding carboxylic acids is 1. The Labute approximate surface area is 212 Å². The third kappa shape index (κ3) is 3.91. The Kier molecular flexibility index (Phi) is 6.20. The highest BCUT2D eigenvalue weighted by Crippen LogP contribution is 2.35. The van der Waals surface area contributed by atoms with Crippen molar-refractivity contribution in [1.29, 1.82) is 0 Å². The molecular weight excluding hydrogens is 504 g/mol. The van der Waals surface area contributed by atoms with Crippen LogP contribution < -0.4 is 16.6 Å². The van der Waals surface area contributed by atoms with E-state index >= 15 is 0 Å². The molecule has 188 valence electrons. The molecule has 4 aromatic rings. The van der Waals surface area contributed by atoms with Crippen molar-refractivity contribution in [3.63, 3.8) is 0 Å².